The highest BCUT2D eigenvalue weighted by Crippen LogP contribution is 2.43. The number of ether oxygens (including phenoxy) is 4. The minimum Gasteiger partial charge on any atom is -0.508 e. The Labute approximate surface area is 250 Å². The summed E-state index contributed by atoms with van der Waals surface area (Å²) in [5, 5.41) is 121. The van der Waals surface area contributed by atoms with Gasteiger partial charge in [0, 0.05) is 17.7 Å². The standard InChI is InChI=1S/C27H30O18/c28-5-13-17(34)20(37)22(39)26(43-13)41-6-14-18(35)21(38)23(40)27(44-14)45-25-19(36)15-9(30)3-8(29)4-12(15)42-24(25)7-1-10(31)16(33)11(32)2-7/h1-4,13-14,17-18,20-23,26-35,37-40H,5-6H2/t13-,14-,17-,18+,20+,21+,22+,23-,26+,27+/m1/s1. The number of fused-ring (bicyclic) bond motifs is 1. The summed E-state index contributed by atoms with van der Waals surface area (Å²) in [5.41, 5.74) is -1.80. The Morgan fingerprint density at radius 3 is 1.89 bits per heavy atom. The third-order valence-corrected chi connectivity index (χ3v) is 7.43. The zero-order valence-corrected chi connectivity index (χ0v) is 22.8. The van der Waals surface area contributed by atoms with Gasteiger partial charge >= 0.3 is 0 Å². The molecule has 0 amide bonds. The van der Waals surface area contributed by atoms with Crippen LogP contribution in [0.15, 0.2) is 33.5 Å². The summed E-state index contributed by atoms with van der Waals surface area (Å²) in [6.45, 7) is -1.47. The van der Waals surface area contributed by atoms with Crippen molar-refractivity contribution in [1.29, 1.82) is 0 Å². The number of hydrogen-bond donors (Lipinski definition) is 12. The first kappa shape index (κ1) is 32.4. The summed E-state index contributed by atoms with van der Waals surface area (Å²) in [7, 11) is 0. The Kier molecular flexibility index (Phi) is 8.97. The predicted molar refractivity (Wildman–Crippen MR) is 143 cm³/mol. The molecule has 0 bridgehead atoms. The van der Waals surface area contributed by atoms with E-state index in [0.717, 1.165) is 24.3 Å². The number of phenols is 5. The van der Waals surface area contributed by atoms with E-state index in [2.05, 4.69) is 0 Å². The van der Waals surface area contributed by atoms with Gasteiger partial charge in [0.1, 0.15) is 71.3 Å². The topological polar surface area (TPSA) is 310 Å². The number of aliphatic hydroxyl groups is 7. The van der Waals surface area contributed by atoms with E-state index in [1.54, 1.807) is 0 Å². The van der Waals surface area contributed by atoms with E-state index in [-0.39, 0.29) is 5.56 Å². The highest BCUT2D eigenvalue weighted by atomic mass is 16.7. The van der Waals surface area contributed by atoms with E-state index in [9.17, 15) is 66.1 Å². The third-order valence-electron chi connectivity index (χ3n) is 7.43. The lowest BCUT2D eigenvalue weighted by atomic mass is 9.98. The summed E-state index contributed by atoms with van der Waals surface area (Å²) in [6, 6.07) is 3.51. The first-order valence-corrected chi connectivity index (χ1v) is 13.3. The first-order chi connectivity index (χ1) is 21.2. The molecule has 12 N–H and O–H groups in total. The summed E-state index contributed by atoms with van der Waals surface area (Å²) in [5.74, 6) is -5.28. The molecule has 0 aliphatic carbocycles. The molecule has 18 heteroatoms. The maximum atomic E-state index is 13.6. The van der Waals surface area contributed by atoms with E-state index < -0.39 is 131 Å². The second-order valence-corrected chi connectivity index (χ2v) is 10.5. The largest absolute Gasteiger partial charge is 0.508 e. The molecule has 2 fully saturated rings. The summed E-state index contributed by atoms with van der Waals surface area (Å²) in [6.07, 6.45) is -17.8. The van der Waals surface area contributed by atoms with Crippen LogP contribution < -0.4 is 10.2 Å². The van der Waals surface area contributed by atoms with E-state index in [1.807, 2.05) is 0 Å². The summed E-state index contributed by atoms with van der Waals surface area (Å²) in [4.78, 5) is 13.6. The van der Waals surface area contributed by atoms with Gasteiger partial charge in [-0.1, -0.05) is 0 Å². The molecule has 10 atom stereocenters. The van der Waals surface area contributed by atoms with Gasteiger partial charge in [-0.15, -0.1) is 0 Å². The Morgan fingerprint density at radius 1 is 0.689 bits per heavy atom. The van der Waals surface area contributed by atoms with Gasteiger partial charge in [0.05, 0.1) is 13.2 Å². The van der Waals surface area contributed by atoms with Gasteiger partial charge in [0.2, 0.25) is 17.5 Å². The molecule has 3 heterocycles. The van der Waals surface area contributed by atoms with Crippen LogP contribution in [-0.2, 0) is 14.2 Å². The molecule has 45 heavy (non-hydrogen) atoms. The van der Waals surface area contributed by atoms with Crippen molar-refractivity contribution in [3.63, 3.8) is 0 Å². The van der Waals surface area contributed by atoms with Crippen LogP contribution in [0, 0.1) is 0 Å². The first-order valence-electron chi connectivity index (χ1n) is 13.3. The normalized spacial score (nSPS) is 32.1. The quantitative estimate of drug-likeness (QED) is 0.114. The minimum absolute atomic E-state index is 0.284. The molecule has 5 rings (SSSR count). The number of hydrogen-bond acceptors (Lipinski definition) is 18. The van der Waals surface area contributed by atoms with Crippen LogP contribution in [0.5, 0.6) is 34.5 Å². The van der Waals surface area contributed by atoms with Gasteiger partial charge < -0.3 is 84.6 Å². The van der Waals surface area contributed by atoms with Crippen LogP contribution >= 0.6 is 0 Å². The van der Waals surface area contributed by atoms with Gasteiger partial charge in [0.25, 0.3) is 0 Å². The molecule has 246 valence electrons. The maximum absolute atomic E-state index is 13.6. The molecule has 1 aromatic heterocycles. The van der Waals surface area contributed by atoms with Gasteiger partial charge in [-0.2, -0.15) is 0 Å². The van der Waals surface area contributed by atoms with Gasteiger partial charge in [0.15, 0.2) is 29.3 Å². The van der Waals surface area contributed by atoms with Gasteiger partial charge in [-0.25, -0.2) is 0 Å². The summed E-state index contributed by atoms with van der Waals surface area (Å²) < 4.78 is 27.5. The smallest absolute Gasteiger partial charge is 0.239 e. The highest BCUT2D eigenvalue weighted by Gasteiger charge is 2.48. The van der Waals surface area contributed by atoms with Crippen molar-refractivity contribution in [2.24, 2.45) is 0 Å². The number of phenolic OH excluding ortho intramolecular Hbond substituents is 5. The molecule has 2 saturated heterocycles. The molecule has 0 spiro atoms. The van der Waals surface area contributed by atoms with E-state index in [0.29, 0.717) is 0 Å². The highest BCUT2D eigenvalue weighted by molar-refractivity contribution is 5.88. The van der Waals surface area contributed by atoms with Crippen LogP contribution in [-0.4, -0.2) is 136 Å². The van der Waals surface area contributed by atoms with Crippen molar-refractivity contribution < 1.29 is 84.6 Å². The molecule has 2 aliphatic rings. The van der Waals surface area contributed by atoms with Crippen molar-refractivity contribution in [3.8, 4) is 45.8 Å². The second-order valence-electron chi connectivity index (χ2n) is 10.5. The Balaban J connectivity index is 1.49. The average Bonchev–Trinajstić information content (AvgIpc) is 2.99. The Bertz CT molecular complexity index is 1580. The number of aliphatic hydroxyl groups excluding tert-OH is 7. The molecular weight excluding hydrogens is 612 g/mol. The van der Waals surface area contributed by atoms with Crippen LogP contribution in [0.4, 0.5) is 0 Å². The fraction of sp³-hybridized carbons (Fsp3) is 0.444. The maximum Gasteiger partial charge on any atom is 0.239 e. The lowest BCUT2D eigenvalue weighted by molar-refractivity contribution is -0.323. The predicted octanol–water partition coefficient (Wildman–Crippen LogP) is -3.01. The molecule has 2 aliphatic heterocycles. The number of benzene rings is 2. The number of rotatable bonds is 7. The molecule has 0 unspecified atom stereocenters. The molecule has 2 aromatic carbocycles. The monoisotopic (exact) mass is 642 g/mol. The van der Waals surface area contributed by atoms with E-state index in [1.165, 1.54) is 0 Å². The van der Waals surface area contributed by atoms with Crippen molar-refractivity contribution >= 4 is 11.0 Å². The van der Waals surface area contributed by atoms with Crippen molar-refractivity contribution in [3.05, 3.63) is 34.5 Å². The lowest BCUT2D eigenvalue weighted by Gasteiger charge is -2.42. The SMILES string of the molecule is O=c1c(O[C@@H]2O[C@H](CO[C@H]3O[C@H](CO)[C@@H](O)[C@H](O)[C@@H]3O)[C@H](O)[C@H](O)[C@H]2O)c(-c2cc(O)c(O)c(O)c2)oc2cc(O)cc(O)c12. The zero-order chi connectivity index (χ0) is 32.9. The average molecular weight is 643 g/mol. The molecule has 3 aromatic rings. The lowest BCUT2D eigenvalue weighted by Crippen LogP contribution is -2.62. The molecular formula is C27H30O18. The van der Waals surface area contributed by atoms with Crippen molar-refractivity contribution in [2.75, 3.05) is 13.2 Å². The van der Waals surface area contributed by atoms with Crippen LogP contribution in [0.1, 0.15) is 0 Å². The van der Waals surface area contributed by atoms with Gasteiger partial charge in [-0.3, -0.25) is 4.79 Å². The Morgan fingerprint density at radius 2 is 1.27 bits per heavy atom. The van der Waals surface area contributed by atoms with Crippen molar-refractivity contribution in [2.45, 2.75) is 61.4 Å². The van der Waals surface area contributed by atoms with E-state index in [4.69, 9.17) is 23.4 Å². The van der Waals surface area contributed by atoms with Crippen LogP contribution in [0.2, 0.25) is 0 Å². The zero-order valence-electron chi connectivity index (χ0n) is 22.8. The Hall–Kier alpha value is -3.95. The minimum atomic E-state index is -2.05. The summed E-state index contributed by atoms with van der Waals surface area (Å²) >= 11 is 0. The molecule has 0 saturated carbocycles. The van der Waals surface area contributed by atoms with Crippen molar-refractivity contribution in [1.82, 2.24) is 0 Å². The molecule has 18 nitrogen and oxygen atoms in total. The van der Waals surface area contributed by atoms with Gasteiger partial charge in [-0.05, 0) is 12.1 Å². The third kappa shape index (κ3) is 5.91. The fourth-order valence-corrected chi connectivity index (χ4v) is 4.96. The second kappa shape index (κ2) is 12.4. The number of aromatic hydroxyl groups is 5. The van der Waals surface area contributed by atoms with E-state index >= 15 is 0 Å². The fourth-order valence-electron chi connectivity index (χ4n) is 4.96. The molecule has 0 radical (unpaired) electrons. The van der Waals surface area contributed by atoms with Crippen LogP contribution in [0.25, 0.3) is 22.3 Å². The van der Waals surface area contributed by atoms with Crippen LogP contribution in [0.3, 0.4) is 0 Å².